The van der Waals surface area contributed by atoms with E-state index in [0.717, 1.165) is 19.6 Å². The number of amides is 1. The summed E-state index contributed by atoms with van der Waals surface area (Å²) >= 11 is 11.9. The summed E-state index contributed by atoms with van der Waals surface area (Å²) in [5.74, 6) is 0.513. The molecule has 2 heterocycles. The van der Waals surface area contributed by atoms with Crippen LogP contribution in [-0.4, -0.2) is 48.6 Å². The first kappa shape index (κ1) is 22.4. The maximum Gasteiger partial charge on any atom is 0.417 e. The van der Waals surface area contributed by atoms with E-state index in [9.17, 15) is 4.79 Å². The van der Waals surface area contributed by atoms with Gasteiger partial charge in [-0.1, -0.05) is 41.8 Å². The summed E-state index contributed by atoms with van der Waals surface area (Å²) in [6.07, 6.45) is 5.90. The van der Waals surface area contributed by atoms with Crippen LogP contribution in [0.2, 0.25) is 10.0 Å². The van der Waals surface area contributed by atoms with Gasteiger partial charge >= 0.3 is 6.09 Å². The Balaban J connectivity index is 1.30. The Morgan fingerprint density at radius 2 is 1.71 bits per heavy atom. The second-order valence-electron chi connectivity index (χ2n) is 8.31. The highest BCUT2D eigenvalue weighted by atomic mass is 35.5. The number of anilines is 1. The molecule has 4 rings (SSSR count). The molecule has 1 atom stereocenters. The topological polar surface area (TPSA) is 44.8 Å². The first-order valence-electron chi connectivity index (χ1n) is 11.1. The number of nitrogens with zero attached hydrogens (tertiary/aromatic N) is 2. The van der Waals surface area contributed by atoms with E-state index in [1.54, 1.807) is 18.2 Å². The molecule has 1 unspecified atom stereocenters. The molecule has 0 saturated carbocycles. The minimum Gasteiger partial charge on any atom is -0.410 e. The van der Waals surface area contributed by atoms with E-state index < -0.39 is 6.09 Å². The molecule has 7 heteroatoms. The van der Waals surface area contributed by atoms with Crippen molar-refractivity contribution in [2.24, 2.45) is 0 Å². The number of hydrogen-bond donors (Lipinski definition) is 1. The van der Waals surface area contributed by atoms with Crippen molar-refractivity contribution < 1.29 is 9.53 Å². The number of rotatable bonds is 6. The Bertz CT molecular complexity index is 885. The van der Waals surface area contributed by atoms with Crippen LogP contribution >= 0.6 is 23.2 Å². The van der Waals surface area contributed by atoms with Crippen molar-refractivity contribution in [1.82, 2.24) is 9.80 Å². The quantitative estimate of drug-likeness (QED) is 0.553. The smallest absolute Gasteiger partial charge is 0.410 e. The normalized spacial score (nSPS) is 20.0. The first-order valence-corrected chi connectivity index (χ1v) is 11.8. The molecule has 0 radical (unpaired) electrons. The van der Waals surface area contributed by atoms with Gasteiger partial charge in [0.2, 0.25) is 0 Å². The summed E-state index contributed by atoms with van der Waals surface area (Å²) in [5.41, 5.74) is 1.82. The van der Waals surface area contributed by atoms with Gasteiger partial charge in [0.1, 0.15) is 5.75 Å². The van der Waals surface area contributed by atoms with Gasteiger partial charge < -0.3 is 9.64 Å². The van der Waals surface area contributed by atoms with Gasteiger partial charge in [-0.15, -0.1) is 0 Å². The van der Waals surface area contributed by atoms with Crippen molar-refractivity contribution in [2.45, 2.75) is 38.1 Å². The molecule has 0 bridgehead atoms. The zero-order valence-corrected chi connectivity index (χ0v) is 19.2. The van der Waals surface area contributed by atoms with E-state index in [2.05, 4.69) is 27.2 Å². The average Bonchev–Trinajstić information content (AvgIpc) is 3.25. The molecular formula is C24H29Cl2N3O2. The number of likely N-dealkylation sites (tertiary alicyclic amines) is 2. The molecule has 2 fully saturated rings. The van der Waals surface area contributed by atoms with Crippen LogP contribution < -0.4 is 10.1 Å². The molecule has 5 nitrogen and oxygen atoms in total. The Morgan fingerprint density at radius 3 is 2.45 bits per heavy atom. The van der Waals surface area contributed by atoms with Gasteiger partial charge in [-0.2, -0.15) is 0 Å². The third-order valence-electron chi connectivity index (χ3n) is 6.16. The molecule has 2 aliphatic heterocycles. The van der Waals surface area contributed by atoms with Gasteiger partial charge in [0.15, 0.2) is 0 Å². The van der Waals surface area contributed by atoms with Gasteiger partial charge in [-0.05, 0) is 81.2 Å². The summed E-state index contributed by atoms with van der Waals surface area (Å²) in [5, 5.41) is 3.48. The molecule has 2 saturated heterocycles. The number of hydrogen-bond acceptors (Lipinski definition) is 4. The second kappa shape index (κ2) is 10.7. The van der Waals surface area contributed by atoms with Crippen molar-refractivity contribution in [3.8, 4) is 5.75 Å². The third-order valence-corrected chi connectivity index (χ3v) is 6.90. The molecule has 2 aromatic rings. The Labute approximate surface area is 194 Å². The van der Waals surface area contributed by atoms with Crippen molar-refractivity contribution in [1.29, 1.82) is 0 Å². The number of benzene rings is 2. The predicted octanol–water partition coefficient (Wildman–Crippen LogP) is 6.23. The third kappa shape index (κ3) is 6.13. The molecule has 166 valence electrons. The summed E-state index contributed by atoms with van der Waals surface area (Å²) < 4.78 is 5.41. The molecule has 2 aromatic carbocycles. The molecule has 2 aliphatic rings. The Kier molecular flexibility index (Phi) is 7.72. The largest absolute Gasteiger partial charge is 0.417 e. The van der Waals surface area contributed by atoms with Crippen LogP contribution in [0.5, 0.6) is 5.75 Å². The van der Waals surface area contributed by atoms with Crippen molar-refractivity contribution in [3.63, 3.8) is 0 Å². The fraction of sp³-hybridized carbons (Fsp3) is 0.458. The Morgan fingerprint density at radius 1 is 0.935 bits per heavy atom. The van der Waals surface area contributed by atoms with E-state index in [-0.39, 0.29) is 0 Å². The van der Waals surface area contributed by atoms with Crippen molar-refractivity contribution in [2.75, 3.05) is 38.0 Å². The fourth-order valence-corrected chi connectivity index (χ4v) is 4.80. The van der Waals surface area contributed by atoms with E-state index in [1.807, 2.05) is 12.1 Å². The summed E-state index contributed by atoms with van der Waals surface area (Å²) in [6.45, 7) is 5.92. The molecule has 0 spiro atoms. The molecule has 0 aromatic heterocycles. The van der Waals surface area contributed by atoms with Crippen molar-refractivity contribution in [3.05, 3.63) is 58.1 Å². The maximum atomic E-state index is 12.2. The van der Waals surface area contributed by atoms with Crippen LogP contribution in [0.3, 0.4) is 0 Å². The Hall–Kier alpha value is -1.79. The van der Waals surface area contributed by atoms with Crippen LogP contribution in [0.1, 0.15) is 43.7 Å². The van der Waals surface area contributed by atoms with Crippen molar-refractivity contribution >= 4 is 35.0 Å². The fourth-order valence-electron chi connectivity index (χ4n) is 4.51. The molecular weight excluding hydrogens is 433 g/mol. The molecule has 1 amide bonds. The highest BCUT2D eigenvalue weighted by molar-refractivity contribution is 6.42. The van der Waals surface area contributed by atoms with Crippen LogP contribution in [0, 0.1) is 0 Å². The first-order chi connectivity index (χ1) is 15.1. The zero-order valence-electron chi connectivity index (χ0n) is 17.7. The lowest BCUT2D eigenvalue weighted by Gasteiger charge is -2.31. The standard InChI is InChI=1S/C24H29Cl2N3O2/c25-21-11-8-19(17-22(21)26)27-24(30)31-20-9-6-18(7-10-20)23-5-4-14-29(23)16-15-28-12-2-1-3-13-28/h6-11,17,23H,1-5,12-16H2,(H,27,30). The monoisotopic (exact) mass is 461 g/mol. The van der Waals surface area contributed by atoms with Gasteiger partial charge in [0.25, 0.3) is 0 Å². The molecule has 0 aliphatic carbocycles. The lowest BCUT2D eigenvalue weighted by atomic mass is 10.0. The number of carbonyl (C=O) groups excluding carboxylic acids is 1. The van der Waals surface area contributed by atoms with Gasteiger partial charge in [-0.25, -0.2) is 4.79 Å². The average molecular weight is 462 g/mol. The zero-order chi connectivity index (χ0) is 21.6. The number of halogens is 2. The van der Waals surface area contributed by atoms with Crippen LogP contribution in [0.15, 0.2) is 42.5 Å². The highest BCUT2D eigenvalue weighted by Gasteiger charge is 2.26. The summed E-state index contributed by atoms with van der Waals surface area (Å²) in [7, 11) is 0. The van der Waals surface area contributed by atoms with E-state index >= 15 is 0 Å². The number of piperidine rings is 1. The van der Waals surface area contributed by atoms with E-state index in [1.165, 1.54) is 50.8 Å². The van der Waals surface area contributed by atoms with Gasteiger partial charge in [-0.3, -0.25) is 10.2 Å². The number of nitrogens with one attached hydrogen (secondary N) is 1. The summed E-state index contributed by atoms with van der Waals surface area (Å²) in [6, 6.07) is 13.2. The second-order valence-corrected chi connectivity index (χ2v) is 9.12. The molecule has 31 heavy (non-hydrogen) atoms. The number of ether oxygens (including phenoxy) is 1. The van der Waals surface area contributed by atoms with Crippen LogP contribution in [0.4, 0.5) is 10.5 Å². The lowest BCUT2D eigenvalue weighted by molar-refractivity contribution is 0.174. The predicted molar refractivity (Wildman–Crippen MR) is 126 cm³/mol. The van der Waals surface area contributed by atoms with Gasteiger partial charge in [0.05, 0.1) is 10.0 Å². The van der Waals surface area contributed by atoms with Crippen LogP contribution in [-0.2, 0) is 0 Å². The summed E-state index contributed by atoms with van der Waals surface area (Å²) in [4.78, 5) is 17.4. The van der Waals surface area contributed by atoms with E-state index in [0.29, 0.717) is 27.5 Å². The minimum absolute atomic E-state index is 0.380. The minimum atomic E-state index is -0.560. The molecule has 1 N–H and O–H groups in total. The lowest BCUT2D eigenvalue weighted by Crippen LogP contribution is -2.37. The van der Waals surface area contributed by atoms with Crippen LogP contribution in [0.25, 0.3) is 0 Å². The van der Waals surface area contributed by atoms with E-state index in [4.69, 9.17) is 27.9 Å². The SMILES string of the molecule is O=C(Nc1ccc(Cl)c(Cl)c1)Oc1ccc(C2CCCN2CCN2CCCCC2)cc1. The van der Waals surface area contributed by atoms with Gasteiger partial charge in [0, 0.05) is 24.8 Å². The highest BCUT2D eigenvalue weighted by Crippen LogP contribution is 2.32. The maximum absolute atomic E-state index is 12.2. The number of carbonyl (C=O) groups is 1.